The number of carbonyl (C=O) groups is 2. The molecular formula is C22H28N2O2. The molecule has 2 aromatic carbocycles. The fourth-order valence-electron chi connectivity index (χ4n) is 2.90. The molecule has 0 saturated carbocycles. The Labute approximate surface area is 156 Å². The first-order valence-electron chi connectivity index (χ1n) is 9.01. The molecule has 0 heterocycles. The molecule has 2 amide bonds. The molecule has 26 heavy (non-hydrogen) atoms. The van der Waals surface area contributed by atoms with Crippen molar-refractivity contribution >= 4 is 11.8 Å². The van der Waals surface area contributed by atoms with E-state index in [4.69, 9.17) is 0 Å². The Kier molecular flexibility index (Phi) is 6.96. The van der Waals surface area contributed by atoms with Crippen LogP contribution in [0.1, 0.15) is 37.5 Å². The van der Waals surface area contributed by atoms with Crippen LogP contribution in [-0.2, 0) is 22.7 Å². The van der Waals surface area contributed by atoms with Crippen molar-refractivity contribution < 1.29 is 9.59 Å². The maximum atomic E-state index is 12.9. The van der Waals surface area contributed by atoms with Crippen molar-refractivity contribution in [3.63, 3.8) is 0 Å². The highest BCUT2D eigenvalue weighted by molar-refractivity contribution is 5.84. The van der Waals surface area contributed by atoms with Gasteiger partial charge in [0, 0.05) is 26.1 Å². The van der Waals surface area contributed by atoms with Gasteiger partial charge in [0.05, 0.1) is 0 Å². The van der Waals surface area contributed by atoms with Crippen molar-refractivity contribution in [1.82, 2.24) is 9.80 Å². The molecule has 0 bridgehead atoms. The lowest BCUT2D eigenvalue weighted by atomic mass is 10.1. The molecule has 0 atom stereocenters. The van der Waals surface area contributed by atoms with Gasteiger partial charge >= 0.3 is 0 Å². The van der Waals surface area contributed by atoms with E-state index in [-0.39, 0.29) is 24.4 Å². The van der Waals surface area contributed by atoms with Gasteiger partial charge < -0.3 is 9.80 Å². The lowest BCUT2D eigenvalue weighted by molar-refractivity contribution is -0.141. The highest BCUT2D eigenvalue weighted by atomic mass is 16.2. The fourth-order valence-corrected chi connectivity index (χ4v) is 2.90. The first kappa shape index (κ1) is 19.7. The van der Waals surface area contributed by atoms with Gasteiger partial charge in [0.1, 0.15) is 6.54 Å². The van der Waals surface area contributed by atoms with E-state index >= 15 is 0 Å². The summed E-state index contributed by atoms with van der Waals surface area (Å²) in [6.45, 7) is 8.62. The summed E-state index contributed by atoms with van der Waals surface area (Å²) in [4.78, 5) is 28.4. The minimum Gasteiger partial charge on any atom is -0.334 e. The number of carbonyl (C=O) groups excluding carboxylic acids is 2. The predicted octanol–water partition coefficient (Wildman–Crippen LogP) is 3.78. The monoisotopic (exact) mass is 352 g/mol. The maximum Gasteiger partial charge on any atom is 0.242 e. The number of nitrogens with zero attached hydrogens (tertiary/aromatic N) is 2. The van der Waals surface area contributed by atoms with E-state index in [9.17, 15) is 9.59 Å². The van der Waals surface area contributed by atoms with Crippen LogP contribution in [0.3, 0.4) is 0 Å². The summed E-state index contributed by atoms with van der Waals surface area (Å²) in [5.74, 6) is -0.130. The van der Waals surface area contributed by atoms with Crippen LogP contribution in [0.25, 0.3) is 0 Å². The van der Waals surface area contributed by atoms with E-state index in [1.807, 2.05) is 80.3 Å². The summed E-state index contributed by atoms with van der Waals surface area (Å²) in [6, 6.07) is 18.0. The van der Waals surface area contributed by atoms with Crippen LogP contribution in [0, 0.1) is 6.92 Å². The highest BCUT2D eigenvalue weighted by Gasteiger charge is 2.21. The Bertz CT molecular complexity index is 741. The summed E-state index contributed by atoms with van der Waals surface area (Å²) in [7, 11) is 0. The van der Waals surface area contributed by atoms with Crippen molar-refractivity contribution in [3.05, 3.63) is 71.3 Å². The maximum absolute atomic E-state index is 12.9. The Morgan fingerprint density at radius 2 is 1.58 bits per heavy atom. The first-order chi connectivity index (χ1) is 12.4. The van der Waals surface area contributed by atoms with Crippen molar-refractivity contribution in [2.45, 2.75) is 46.8 Å². The average Bonchev–Trinajstić information content (AvgIpc) is 2.59. The summed E-state index contributed by atoms with van der Waals surface area (Å²) >= 11 is 0. The number of aryl methyl sites for hydroxylation is 1. The van der Waals surface area contributed by atoms with Gasteiger partial charge in [-0.15, -0.1) is 0 Å². The molecule has 0 radical (unpaired) electrons. The summed E-state index contributed by atoms with van der Waals surface area (Å²) < 4.78 is 0. The second-order valence-electron chi connectivity index (χ2n) is 6.97. The quantitative estimate of drug-likeness (QED) is 0.761. The number of benzene rings is 2. The lowest BCUT2D eigenvalue weighted by Crippen LogP contribution is -2.44. The Morgan fingerprint density at radius 1 is 0.923 bits per heavy atom. The zero-order chi connectivity index (χ0) is 19.1. The average molecular weight is 352 g/mol. The van der Waals surface area contributed by atoms with Crippen molar-refractivity contribution in [2.24, 2.45) is 0 Å². The van der Waals surface area contributed by atoms with Crippen LogP contribution in [0.2, 0.25) is 0 Å². The molecule has 2 rings (SSSR count). The van der Waals surface area contributed by atoms with Crippen LogP contribution in [0.15, 0.2) is 54.6 Å². The number of hydrogen-bond acceptors (Lipinski definition) is 2. The van der Waals surface area contributed by atoms with E-state index < -0.39 is 0 Å². The van der Waals surface area contributed by atoms with Crippen molar-refractivity contribution in [1.29, 1.82) is 0 Å². The molecule has 0 N–H and O–H groups in total. The highest BCUT2D eigenvalue weighted by Crippen LogP contribution is 2.12. The molecule has 0 aliphatic rings. The Morgan fingerprint density at radius 3 is 2.15 bits per heavy atom. The SMILES string of the molecule is CC(=O)N(CC(=O)N(Cc1ccccc1)C(C)C)Cc1cccc(C)c1. The van der Waals surface area contributed by atoms with E-state index in [2.05, 4.69) is 0 Å². The van der Waals surface area contributed by atoms with Crippen molar-refractivity contribution in [2.75, 3.05) is 6.54 Å². The molecule has 0 spiro atoms. The molecule has 0 aromatic heterocycles. The van der Waals surface area contributed by atoms with Gasteiger partial charge in [-0.3, -0.25) is 9.59 Å². The second-order valence-corrected chi connectivity index (χ2v) is 6.97. The molecular weight excluding hydrogens is 324 g/mol. The minimum absolute atomic E-state index is 0.0355. The third-order valence-electron chi connectivity index (χ3n) is 4.37. The molecule has 0 aliphatic heterocycles. The van der Waals surface area contributed by atoms with Crippen LogP contribution in [0.4, 0.5) is 0 Å². The lowest BCUT2D eigenvalue weighted by Gasteiger charge is -2.30. The molecule has 4 heteroatoms. The Hall–Kier alpha value is -2.62. The number of hydrogen-bond donors (Lipinski definition) is 0. The van der Waals surface area contributed by atoms with Gasteiger partial charge in [-0.05, 0) is 31.9 Å². The zero-order valence-corrected chi connectivity index (χ0v) is 16.1. The van der Waals surface area contributed by atoms with E-state index in [1.54, 1.807) is 4.90 Å². The van der Waals surface area contributed by atoms with Gasteiger partial charge in [0.2, 0.25) is 11.8 Å². The second kappa shape index (κ2) is 9.18. The topological polar surface area (TPSA) is 40.6 Å². The normalized spacial score (nSPS) is 10.7. The summed E-state index contributed by atoms with van der Waals surface area (Å²) in [5, 5.41) is 0. The fraction of sp³-hybridized carbons (Fsp3) is 0.364. The predicted molar refractivity (Wildman–Crippen MR) is 104 cm³/mol. The van der Waals surface area contributed by atoms with Crippen molar-refractivity contribution in [3.8, 4) is 0 Å². The molecule has 0 fully saturated rings. The third-order valence-corrected chi connectivity index (χ3v) is 4.37. The zero-order valence-electron chi connectivity index (χ0n) is 16.1. The third kappa shape index (κ3) is 5.73. The van der Waals surface area contributed by atoms with Gasteiger partial charge in [-0.1, -0.05) is 60.2 Å². The molecule has 2 aromatic rings. The van der Waals surface area contributed by atoms with Gasteiger partial charge in [0.25, 0.3) is 0 Å². The number of rotatable bonds is 7. The number of amides is 2. The molecule has 4 nitrogen and oxygen atoms in total. The van der Waals surface area contributed by atoms with Gasteiger partial charge in [0.15, 0.2) is 0 Å². The van der Waals surface area contributed by atoms with Crippen LogP contribution < -0.4 is 0 Å². The summed E-state index contributed by atoms with van der Waals surface area (Å²) in [5.41, 5.74) is 3.26. The van der Waals surface area contributed by atoms with Gasteiger partial charge in [-0.25, -0.2) is 0 Å². The Balaban J connectivity index is 2.09. The standard InChI is InChI=1S/C22H28N2O2/c1-17(2)24(15-20-10-6-5-7-11-20)22(26)16-23(19(4)25)14-21-12-8-9-18(3)13-21/h5-13,17H,14-16H2,1-4H3. The van der Waals surface area contributed by atoms with E-state index in [0.717, 1.165) is 16.7 Å². The molecule has 0 unspecified atom stereocenters. The van der Waals surface area contributed by atoms with Gasteiger partial charge in [-0.2, -0.15) is 0 Å². The first-order valence-corrected chi connectivity index (χ1v) is 9.01. The van der Waals surface area contributed by atoms with Crippen LogP contribution >= 0.6 is 0 Å². The van der Waals surface area contributed by atoms with E-state index in [1.165, 1.54) is 6.92 Å². The smallest absolute Gasteiger partial charge is 0.242 e. The summed E-state index contributed by atoms with van der Waals surface area (Å²) in [6.07, 6.45) is 0. The van der Waals surface area contributed by atoms with Crippen LogP contribution in [-0.4, -0.2) is 34.2 Å². The largest absolute Gasteiger partial charge is 0.334 e. The molecule has 0 saturated heterocycles. The minimum atomic E-state index is -0.0942. The van der Waals surface area contributed by atoms with E-state index in [0.29, 0.717) is 13.1 Å². The van der Waals surface area contributed by atoms with Crippen LogP contribution in [0.5, 0.6) is 0 Å². The molecule has 0 aliphatic carbocycles. The molecule has 138 valence electrons.